The quantitative estimate of drug-likeness (QED) is 0.184. The molecule has 2 aromatic rings. The smallest absolute Gasteiger partial charge is 0.246 e. The van der Waals surface area contributed by atoms with Crippen LogP contribution >= 0.6 is 24.0 Å². The highest BCUT2D eigenvalue weighted by Crippen LogP contribution is 2.26. The van der Waals surface area contributed by atoms with Gasteiger partial charge in [-0.1, -0.05) is 24.1 Å². The number of terminal acetylenes is 1. The minimum absolute atomic E-state index is 0. The second kappa shape index (κ2) is 14.5. The summed E-state index contributed by atoms with van der Waals surface area (Å²) in [5, 5.41) is 9.49. The maximum Gasteiger partial charge on any atom is 0.246 e. The Bertz CT molecular complexity index is 981. The van der Waals surface area contributed by atoms with Crippen molar-refractivity contribution in [2.24, 2.45) is 4.99 Å². The first kappa shape index (κ1) is 27.5. The normalized spacial score (nSPS) is 14.4. The maximum absolute atomic E-state index is 12.4. The number of halogens is 1. The number of hydrogen-bond donors (Lipinski definition) is 3. The minimum Gasteiger partial charge on any atom is -0.497 e. The molecule has 7 nitrogen and oxygen atoms in total. The molecule has 2 aromatic carbocycles. The van der Waals surface area contributed by atoms with Gasteiger partial charge in [0.2, 0.25) is 5.91 Å². The lowest BCUT2D eigenvalue weighted by Crippen LogP contribution is -2.43. The molecule has 8 heteroatoms. The van der Waals surface area contributed by atoms with Crippen LogP contribution in [0, 0.1) is 12.3 Å². The van der Waals surface area contributed by atoms with Crippen LogP contribution in [0.15, 0.2) is 53.5 Å². The molecule has 0 aromatic heterocycles. The molecule has 0 bridgehead atoms. The van der Waals surface area contributed by atoms with E-state index in [1.54, 1.807) is 19.2 Å². The van der Waals surface area contributed by atoms with Crippen LogP contribution in [0.5, 0.6) is 5.75 Å². The predicted octanol–water partition coefficient (Wildman–Crippen LogP) is 3.63. The largest absolute Gasteiger partial charge is 0.497 e. The summed E-state index contributed by atoms with van der Waals surface area (Å²) in [6.45, 7) is 5.55. The molecule has 1 unspecified atom stereocenters. The van der Waals surface area contributed by atoms with E-state index in [2.05, 4.69) is 43.9 Å². The number of methoxy groups -OCH3 is 1. The van der Waals surface area contributed by atoms with E-state index >= 15 is 0 Å². The van der Waals surface area contributed by atoms with Gasteiger partial charge in [0, 0.05) is 24.3 Å². The van der Waals surface area contributed by atoms with Crippen LogP contribution in [0.25, 0.3) is 0 Å². The van der Waals surface area contributed by atoms with Crippen molar-refractivity contribution < 1.29 is 9.53 Å². The lowest BCUT2D eigenvalue weighted by Gasteiger charge is -2.29. The van der Waals surface area contributed by atoms with Crippen molar-refractivity contribution in [3.05, 3.63) is 59.7 Å². The predicted molar refractivity (Wildman–Crippen MR) is 149 cm³/mol. The summed E-state index contributed by atoms with van der Waals surface area (Å²) < 4.78 is 5.31. The molecule has 1 fully saturated rings. The number of likely N-dealkylation sites (tertiary alicyclic amines) is 1. The van der Waals surface area contributed by atoms with E-state index in [4.69, 9.17) is 11.2 Å². The van der Waals surface area contributed by atoms with Crippen molar-refractivity contribution in [1.82, 2.24) is 15.5 Å². The highest BCUT2D eigenvalue weighted by Gasteiger charge is 2.23. The summed E-state index contributed by atoms with van der Waals surface area (Å²) in [7, 11) is 1.68. The van der Waals surface area contributed by atoms with Gasteiger partial charge in [0.1, 0.15) is 12.3 Å². The second-order valence-corrected chi connectivity index (χ2v) is 7.88. The van der Waals surface area contributed by atoms with Gasteiger partial charge in [0.15, 0.2) is 5.96 Å². The summed E-state index contributed by atoms with van der Waals surface area (Å²) >= 11 is 0. The topological polar surface area (TPSA) is 78.0 Å². The molecule has 1 aliphatic rings. The number of carbonyl (C=O) groups excluding carboxylic acids is 1. The molecule has 3 rings (SSSR count). The van der Waals surface area contributed by atoms with Crippen molar-refractivity contribution in [3.8, 4) is 18.1 Å². The van der Waals surface area contributed by atoms with Crippen molar-refractivity contribution in [1.29, 1.82) is 0 Å². The molecule has 1 heterocycles. The van der Waals surface area contributed by atoms with Gasteiger partial charge in [-0.25, -0.2) is 4.99 Å². The van der Waals surface area contributed by atoms with Crippen LogP contribution < -0.4 is 20.7 Å². The first-order chi connectivity index (χ1) is 16.1. The third-order valence-corrected chi connectivity index (χ3v) is 5.58. The highest BCUT2D eigenvalue weighted by atomic mass is 127. The summed E-state index contributed by atoms with van der Waals surface area (Å²) in [5.74, 6) is 3.83. The van der Waals surface area contributed by atoms with E-state index in [0.29, 0.717) is 24.7 Å². The Hall–Kier alpha value is -2.77. The van der Waals surface area contributed by atoms with Gasteiger partial charge < -0.3 is 20.7 Å². The summed E-state index contributed by atoms with van der Waals surface area (Å²) in [6.07, 6.45) is 7.85. The van der Waals surface area contributed by atoms with Crippen LogP contribution in [0.2, 0.25) is 0 Å². The van der Waals surface area contributed by atoms with Crippen LogP contribution in [-0.2, 0) is 4.79 Å². The molecule has 34 heavy (non-hydrogen) atoms. The summed E-state index contributed by atoms with van der Waals surface area (Å²) in [5.41, 5.74) is 2.61. The molecule has 0 radical (unpaired) electrons. The summed E-state index contributed by atoms with van der Waals surface area (Å²) in [4.78, 5) is 19.4. The molecule has 0 aliphatic carbocycles. The van der Waals surface area contributed by atoms with E-state index in [9.17, 15) is 4.79 Å². The average molecular weight is 575 g/mol. The lowest BCUT2D eigenvalue weighted by molar-refractivity contribution is -0.114. The molecule has 0 spiro atoms. The SMILES string of the molecule is C#Cc1cccc(NC(=O)CN=C(NCC)NCC(c2ccc(OC)cc2)N2CCCC2)c1.I. The van der Waals surface area contributed by atoms with Crippen molar-refractivity contribution in [2.45, 2.75) is 25.8 Å². The molecule has 1 aliphatic heterocycles. The number of guanidine groups is 1. The van der Waals surface area contributed by atoms with Crippen LogP contribution in [0.3, 0.4) is 0 Å². The standard InChI is InChI=1S/C26H33N5O2.HI/c1-4-20-9-8-10-22(17-20)30-25(32)19-29-26(27-5-2)28-18-24(31-15-6-7-16-31)21-11-13-23(33-3)14-12-21;/h1,8-14,17,24H,5-7,15-16,18-19H2,2-3H3,(H,30,32)(H2,27,28,29);1H. The van der Waals surface area contributed by atoms with Gasteiger partial charge in [0.25, 0.3) is 0 Å². The fourth-order valence-corrected chi connectivity index (χ4v) is 3.91. The number of nitrogens with zero attached hydrogens (tertiary/aromatic N) is 2. The second-order valence-electron chi connectivity index (χ2n) is 7.88. The van der Waals surface area contributed by atoms with Crippen molar-refractivity contribution in [3.63, 3.8) is 0 Å². The van der Waals surface area contributed by atoms with Crippen molar-refractivity contribution >= 4 is 41.5 Å². The van der Waals surface area contributed by atoms with E-state index < -0.39 is 0 Å². The zero-order chi connectivity index (χ0) is 23.5. The monoisotopic (exact) mass is 575 g/mol. The molecular weight excluding hydrogens is 541 g/mol. The molecule has 1 saturated heterocycles. The number of aliphatic imine (C=N–C) groups is 1. The van der Waals surface area contributed by atoms with Gasteiger partial charge in [0.05, 0.1) is 13.2 Å². The average Bonchev–Trinajstić information content (AvgIpc) is 3.37. The number of rotatable bonds is 9. The number of anilines is 1. The first-order valence-electron chi connectivity index (χ1n) is 11.4. The number of nitrogens with one attached hydrogen (secondary N) is 3. The Morgan fingerprint density at radius 3 is 2.56 bits per heavy atom. The third-order valence-electron chi connectivity index (χ3n) is 5.58. The molecule has 1 amide bonds. The van der Waals surface area contributed by atoms with E-state index in [1.165, 1.54) is 18.4 Å². The van der Waals surface area contributed by atoms with Gasteiger partial charge >= 0.3 is 0 Å². The Balaban J connectivity index is 0.00000408. The maximum atomic E-state index is 12.4. The zero-order valence-electron chi connectivity index (χ0n) is 19.8. The molecule has 182 valence electrons. The van der Waals surface area contributed by atoms with Gasteiger partial charge in [-0.15, -0.1) is 30.4 Å². The zero-order valence-corrected chi connectivity index (χ0v) is 22.2. The van der Waals surface area contributed by atoms with Crippen LogP contribution in [-0.4, -0.2) is 56.6 Å². The van der Waals surface area contributed by atoms with Crippen LogP contribution in [0.1, 0.15) is 36.9 Å². The Morgan fingerprint density at radius 2 is 1.91 bits per heavy atom. The Kier molecular flexibility index (Phi) is 11.7. The van der Waals surface area contributed by atoms with Crippen LogP contribution in [0.4, 0.5) is 5.69 Å². The fourth-order valence-electron chi connectivity index (χ4n) is 3.91. The first-order valence-corrected chi connectivity index (χ1v) is 11.4. The molecule has 0 saturated carbocycles. The van der Waals surface area contributed by atoms with Gasteiger partial charge in [-0.05, 0) is 68.8 Å². The number of carbonyl (C=O) groups is 1. The number of benzene rings is 2. The fraction of sp³-hybridized carbons (Fsp3) is 0.385. The number of hydrogen-bond acceptors (Lipinski definition) is 4. The van der Waals surface area contributed by atoms with E-state index in [0.717, 1.165) is 24.4 Å². The van der Waals surface area contributed by atoms with Gasteiger partial charge in [-0.3, -0.25) is 9.69 Å². The summed E-state index contributed by atoms with van der Waals surface area (Å²) in [6, 6.07) is 15.6. The number of ether oxygens (including phenoxy) is 1. The Labute approximate surface area is 219 Å². The van der Waals surface area contributed by atoms with Gasteiger partial charge in [-0.2, -0.15) is 0 Å². The third kappa shape index (κ3) is 8.22. The van der Waals surface area contributed by atoms with E-state index in [-0.39, 0.29) is 42.5 Å². The Morgan fingerprint density at radius 1 is 1.18 bits per heavy atom. The highest BCUT2D eigenvalue weighted by molar-refractivity contribution is 14.0. The minimum atomic E-state index is -0.201. The van der Waals surface area contributed by atoms with E-state index in [1.807, 2.05) is 31.2 Å². The number of amides is 1. The lowest BCUT2D eigenvalue weighted by atomic mass is 10.1. The molecule has 3 N–H and O–H groups in total. The molecule has 1 atom stereocenters. The molecular formula is C26H34IN5O2. The van der Waals surface area contributed by atoms with Crippen molar-refractivity contribution in [2.75, 3.05) is 45.2 Å².